The van der Waals surface area contributed by atoms with Crippen LogP contribution in [0.15, 0.2) is 18.2 Å². The zero-order chi connectivity index (χ0) is 6.97. The van der Waals surface area contributed by atoms with Crippen LogP contribution in [0, 0.1) is 6.92 Å². The van der Waals surface area contributed by atoms with Gasteiger partial charge in [0.05, 0.1) is 0 Å². The fourth-order valence-corrected chi connectivity index (χ4v) is 0.917. The van der Waals surface area contributed by atoms with Crippen molar-refractivity contribution >= 4 is 11.0 Å². The molecule has 0 saturated heterocycles. The number of fused-ring (bicyclic) bond motifs is 1. The first-order chi connectivity index (χ1) is 4.86. The molecule has 0 atom stereocenters. The Morgan fingerprint density at radius 3 is 3.00 bits per heavy atom. The third-order valence-electron chi connectivity index (χ3n) is 1.44. The van der Waals surface area contributed by atoms with Gasteiger partial charge in [-0.3, -0.25) is 5.21 Å². The fraction of sp³-hybridized carbons (Fsp3) is 0.143. The van der Waals surface area contributed by atoms with Crippen molar-refractivity contribution in [3.05, 3.63) is 23.8 Å². The average molecular weight is 240 g/mol. The Hall–Kier alpha value is -0.640. The van der Waals surface area contributed by atoms with E-state index in [1.165, 1.54) is 5.56 Å². The maximum Gasteiger partial charge on any atom is 1.00 e. The summed E-state index contributed by atoms with van der Waals surface area (Å²) in [5.74, 6) is 0. The SMILES string of the molecule is Cc1ccc2[n-]nnc2c1.[Ag+]. The molecule has 2 aromatic rings. The Labute approximate surface area is 79.7 Å². The standard InChI is InChI=1S/C7H6N3.Ag/c1-5-2-3-6-7(4-5)9-10-8-6;/h2-4H,1H3;/q-1;+1. The van der Waals surface area contributed by atoms with Crippen LogP contribution in [-0.4, -0.2) is 10.3 Å². The predicted molar refractivity (Wildman–Crippen MR) is 37.6 cm³/mol. The first kappa shape index (κ1) is 8.46. The molecule has 0 amide bonds. The molecule has 60 valence electrons. The Morgan fingerprint density at radius 2 is 2.18 bits per heavy atom. The molecule has 1 aromatic heterocycles. The van der Waals surface area contributed by atoms with Gasteiger partial charge in [0.1, 0.15) is 0 Å². The van der Waals surface area contributed by atoms with Crippen LogP contribution in [0.25, 0.3) is 11.0 Å². The summed E-state index contributed by atoms with van der Waals surface area (Å²) in [6.45, 7) is 2.02. The molecular weight excluding hydrogens is 234 g/mol. The van der Waals surface area contributed by atoms with Gasteiger partial charge in [-0.25, -0.2) is 0 Å². The molecule has 0 N–H and O–H groups in total. The monoisotopic (exact) mass is 239 g/mol. The zero-order valence-corrected chi connectivity index (χ0v) is 7.36. The maximum absolute atomic E-state index is 3.82. The Kier molecular flexibility index (Phi) is 2.44. The van der Waals surface area contributed by atoms with E-state index in [4.69, 9.17) is 0 Å². The van der Waals surface area contributed by atoms with Gasteiger partial charge >= 0.3 is 22.4 Å². The summed E-state index contributed by atoms with van der Waals surface area (Å²) >= 11 is 0. The van der Waals surface area contributed by atoms with E-state index in [1.54, 1.807) is 0 Å². The van der Waals surface area contributed by atoms with Gasteiger partial charge in [-0.1, -0.05) is 23.8 Å². The third-order valence-corrected chi connectivity index (χ3v) is 1.44. The van der Waals surface area contributed by atoms with Gasteiger partial charge in [0.15, 0.2) is 0 Å². The minimum absolute atomic E-state index is 0. The Morgan fingerprint density at radius 1 is 1.36 bits per heavy atom. The van der Waals surface area contributed by atoms with Crippen LogP contribution >= 0.6 is 0 Å². The molecular formula is C7H6AgN3. The van der Waals surface area contributed by atoms with E-state index in [9.17, 15) is 0 Å². The molecule has 4 heteroatoms. The van der Waals surface area contributed by atoms with E-state index in [0.29, 0.717) is 0 Å². The minimum Gasteiger partial charge on any atom is -0.350 e. The first-order valence-corrected chi connectivity index (χ1v) is 3.09. The van der Waals surface area contributed by atoms with Gasteiger partial charge in [-0.15, -0.1) is 0 Å². The number of benzene rings is 1. The number of hydrogen-bond acceptors (Lipinski definition) is 2. The molecule has 0 aliphatic carbocycles. The maximum atomic E-state index is 3.82. The molecule has 0 radical (unpaired) electrons. The van der Waals surface area contributed by atoms with E-state index in [-0.39, 0.29) is 22.4 Å². The van der Waals surface area contributed by atoms with Crippen LogP contribution in [0.2, 0.25) is 0 Å². The van der Waals surface area contributed by atoms with Crippen molar-refractivity contribution in [2.24, 2.45) is 0 Å². The summed E-state index contributed by atoms with van der Waals surface area (Å²) in [6, 6.07) is 5.89. The molecule has 0 unspecified atom stereocenters. The molecule has 2 rings (SSSR count). The van der Waals surface area contributed by atoms with Crippen molar-refractivity contribution in [3.8, 4) is 0 Å². The van der Waals surface area contributed by atoms with E-state index >= 15 is 0 Å². The minimum atomic E-state index is 0. The van der Waals surface area contributed by atoms with Crippen molar-refractivity contribution in [1.82, 2.24) is 15.4 Å². The normalized spacial score (nSPS) is 9.55. The second-order valence-electron chi connectivity index (χ2n) is 2.28. The van der Waals surface area contributed by atoms with Crippen LogP contribution in [-0.2, 0) is 22.4 Å². The average Bonchev–Trinajstić information content (AvgIpc) is 2.33. The first-order valence-electron chi connectivity index (χ1n) is 3.09. The number of nitrogens with zero attached hydrogens (tertiary/aromatic N) is 3. The molecule has 1 heterocycles. The zero-order valence-electron chi connectivity index (χ0n) is 5.88. The van der Waals surface area contributed by atoms with E-state index in [2.05, 4.69) is 15.4 Å². The van der Waals surface area contributed by atoms with Crippen molar-refractivity contribution in [3.63, 3.8) is 0 Å². The van der Waals surface area contributed by atoms with E-state index in [1.807, 2.05) is 25.1 Å². The molecule has 0 bridgehead atoms. The van der Waals surface area contributed by atoms with Gasteiger partial charge in [0.25, 0.3) is 0 Å². The molecule has 11 heavy (non-hydrogen) atoms. The fourth-order valence-electron chi connectivity index (χ4n) is 0.917. The summed E-state index contributed by atoms with van der Waals surface area (Å²) < 4.78 is 0. The largest absolute Gasteiger partial charge is 1.00 e. The smallest absolute Gasteiger partial charge is 0.350 e. The van der Waals surface area contributed by atoms with Crippen molar-refractivity contribution in [2.45, 2.75) is 6.92 Å². The van der Waals surface area contributed by atoms with Crippen LogP contribution in [0.1, 0.15) is 5.56 Å². The van der Waals surface area contributed by atoms with Crippen molar-refractivity contribution < 1.29 is 22.4 Å². The number of hydrogen-bond donors (Lipinski definition) is 0. The van der Waals surface area contributed by atoms with Crippen LogP contribution < -0.4 is 5.10 Å². The molecule has 0 spiro atoms. The summed E-state index contributed by atoms with van der Waals surface area (Å²) in [4.78, 5) is 0. The van der Waals surface area contributed by atoms with E-state index < -0.39 is 0 Å². The van der Waals surface area contributed by atoms with Crippen molar-refractivity contribution in [1.29, 1.82) is 0 Å². The third kappa shape index (κ3) is 1.50. The molecule has 0 saturated carbocycles. The summed E-state index contributed by atoms with van der Waals surface area (Å²) in [7, 11) is 0. The van der Waals surface area contributed by atoms with Crippen LogP contribution in [0.4, 0.5) is 0 Å². The Bertz CT molecular complexity index is 355. The van der Waals surface area contributed by atoms with Gasteiger partial charge < -0.3 is 10.2 Å². The molecule has 3 nitrogen and oxygen atoms in total. The number of rotatable bonds is 0. The second-order valence-corrected chi connectivity index (χ2v) is 2.28. The Balaban J connectivity index is 0.000000605. The quantitative estimate of drug-likeness (QED) is 0.642. The van der Waals surface area contributed by atoms with Gasteiger partial charge in [-0.2, -0.15) is 0 Å². The van der Waals surface area contributed by atoms with Gasteiger partial charge in [-0.05, 0) is 18.0 Å². The number of aromatic nitrogens is 3. The molecule has 0 aliphatic rings. The van der Waals surface area contributed by atoms with E-state index in [0.717, 1.165) is 11.0 Å². The topological polar surface area (TPSA) is 39.9 Å². The van der Waals surface area contributed by atoms with Gasteiger partial charge in [0.2, 0.25) is 0 Å². The van der Waals surface area contributed by atoms with Crippen molar-refractivity contribution in [2.75, 3.05) is 0 Å². The van der Waals surface area contributed by atoms with Crippen LogP contribution in [0.5, 0.6) is 0 Å². The summed E-state index contributed by atoms with van der Waals surface area (Å²) in [6.07, 6.45) is 0. The molecule has 1 aromatic carbocycles. The number of aryl methyl sites for hydroxylation is 1. The summed E-state index contributed by atoms with van der Waals surface area (Å²) in [5.41, 5.74) is 2.93. The molecule has 0 aliphatic heterocycles. The molecule has 0 fully saturated rings. The predicted octanol–water partition coefficient (Wildman–Crippen LogP) is 0.893. The second kappa shape index (κ2) is 3.17. The van der Waals surface area contributed by atoms with Gasteiger partial charge in [0, 0.05) is 0 Å². The van der Waals surface area contributed by atoms with Crippen LogP contribution in [0.3, 0.4) is 0 Å². The summed E-state index contributed by atoms with van der Waals surface area (Å²) in [5, 5.41) is 11.2.